The molecule has 0 radical (unpaired) electrons. The molecule has 1 aliphatic rings. The van der Waals surface area contributed by atoms with E-state index in [9.17, 15) is 4.79 Å². The Hall–Kier alpha value is -2.61. The lowest BCUT2D eigenvalue weighted by molar-refractivity contribution is 0.0520. The van der Waals surface area contributed by atoms with Crippen molar-refractivity contribution >= 4 is 28.7 Å². The number of oxime groups is 1. The van der Waals surface area contributed by atoms with E-state index in [4.69, 9.17) is 14.3 Å². The Balaban J connectivity index is 1.37. The highest BCUT2D eigenvalue weighted by Crippen LogP contribution is 2.28. The largest absolute Gasteiger partial charge is 0.494 e. The molecule has 0 amide bonds. The Morgan fingerprint density at radius 2 is 2.00 bits per heavy atom. The number of esters is 1. The topological polar surface area (TPSA) is 73.3 Å². The number of nitrogens with zero attached hydrogens (tertiary/aromatic N) is 3. The van der Waals surface area contributed by atoms with Crippen molar-refractivity contribution in [2.45, 2.75) is 33.1 Å². The van der Waals surface area contributed by atoms with Gasteiger partial charge in [-0.05, 0) is 68.9 Å². The van der Waals surface area contributed by atoms with Crippen LogP contribution < -0.4 is 9.64 Å². The average molecular weight is 432 g/mol. The summed E-state index contributed by atoms with van der Waals surface area (Å²) in [5.74, 6) is 1.17. The first-order valence-electron chi connectivity index (χ1n) is 10.4. The van der Waals surface area contributed by atoms with Crippen LogP contribution in [0.1, 0.15) is 49.2 Å². The first kappa shape index (κ1) is 22.1. The van der Waals surface area contributed by atoms with Crippen LogP contribution in [0.25, 0.3) is 0 Å². The number of hydrogen-bond acceptors (Lipinski definition) is 8. The molecule has 2 heterocycles. The fourth-order valence-electron chi connectivity index (χ4n) is 3.29. The lowest BCUT2D eigenvalue weighted by Gasteiger charge is -2.31. The van der Waals surface area contributed by atoms with Crippen LogP contribution in [0.3, 0.4) is 0 Å². The van der Waals surface area contributed by atoms with Gasteiger partial charge in [0.2, 0.25) is 0 Å². The first-order chi connectivity index (χ1) is 14.7. The summed E-state index contributed by atoms with van der Waals surface area (Å²) in [5, 5.41) is 6.55. The second kappa shape index (κ2) is 11.5. The number of thiazole rings is 1. The van der Waals surface area contributed by atoms with E-state index in [1.54, 1.807) is 18.5 Å². The van der Waals surface area contributed by atoms with Gasteiger partial charge in [0.25, 0.3) is 0 Å². The van der Waals surface area contributed by atoms with Crippen molar-refractivity contribution in [2.75, 3.05) is 37.8 Å². The fourth-order valence-corrected chi connectivity index (χ4v) is 4.14. The van der Waals surface area contributed by atoms with Crippen molar-refractivity contribution in [3.63, 3.8) is 0 Å². The van der Waals surface area contributed by atoms with Crippen LogP contribution in [0.5, 0.6) is 5.75 Å². The normalized spacial score (nSPS) is 14.8. The van der Waals surface area contributed by atoms with Gasteiger partial charge in [0.1, 0.15) is 12.4 Å². The van der Waals surface area contributed by atoms with E-state index in [2.05, 4.69) is 15.0 Å². The number of carbonyl (C=O) groups is 1. The molecule has 1 saturated heterocycles. The summed E-state index contributed by atoms with van der Waals surface area (Å²) in [6, 6.07) is 7.85. The van der Waals surface area contributed by atoms with E-state index in [0.717, 1.165) is 48.8 Å². The Kier molecular flexibility index (Phi) is 8.50. The number of hydrogen-bond donors (Lipinski definition) is 0. The van der Waals surface area contributed by atoms with Crippen LogP contribution >= 0.6 is 11.3 Å². The maximum Gasteiger partial charge on any atom is 0.357 e. The van der Waals surface area contributed by atoms with Crippen LogP contribution in [0, 0.1) is 5.92 Å². The van der Waals surface area contributed by atoms with E-state index < -0.39 is 0 Å². The summed E-state index contributed by atoms with van der Waals surface area (Å²) in [6.45, 7) is 7.25. The van der Waals surface area contributed by atoms with E-state index in [1.165, 1.54) is 11.3 Å². The molecule has 0 saturated carbocycles. The third-order valence-electron chi connectivity index (χ3n) is 4.94. The van der Waals surface area contributed by atoms with Crippen molar-refractivity contribution in [2.24, 2.45) is 11.1 Å². The van der Waals surface area contributed by atoms with Gasteiger partial charge in [-0.3, -0.25) is 0 Å². The Labute approximate surface area is 181 Å². The standard InChI is InChI=1S/C22H29N3O4S/c1-3-27-21(26)20-16-30-22(24-20)25-12-9-17(10-13-25)11-14-28-19-7-5-18(6-8-19)15-23-29-4-2/h5-8,15-17H,3-4,9-14H2,1-2H3. The molecular formula is C22H29N3O4S. The van der Waals surface area contributed by atoms with E-state index in [1.807, 2.05) is 31.2 Å². The first-order valence-corrected chi connectivity index (χ1v) is 11.3. The maximum atomic E-state index is 11.8. The second-order valence-corrected chi connectivity index (χ2v) is 7.86. The van der Waals surface area contributed by atoms with Crippen LogP contribution in [-0.4, -0.2) is 50.1 Å². The van der Waals surface area contributed by atoms with Crippen LogP contribution in [-0.2, 0) is 9.57 Å². The molecular weight excluding hydrogens is 402 g/mol. The molecule has 3 rings (SSSR count). The number of carbonyl (C=O) groups excluding carboxylic acids is 1. The predicted molar refractivity (Wildman–Crippen MR) is 119 cm³/mol. The fraction of sp³-hybridized carbons (Fsp3) is 0.500. The zero-order valence-electron chi connectivity index (χ0n) is 17.6. The quantitative estimate of drug-likeness (QED) is 0.316. The van der Waals surface area contributed by atoms with Gasteiger partial charge in [-0.1, -0.05) is 5.16 Å². The molecule has 0 atom stereocenters. The second-order valence-electron chi connectivity index (χ2n) is 7.02. The number of piperidine rings is 1. The van der Waals surface area contributed by atoms with Gasteiger partial charge in [0, 0.05) is 18.5 Å². The summed E-state index contributed by atoms with van der Waals surface area (Å²) in [6.07, 6.45) is 4.93. The third-order valence-corrected chi connectivity index (χ3v) is 5.84. The molecule has 1 aromatic heterocycles. The van der Waals surface area contributed by atoms with E-state index in [0.29, 0.717) is 31.4 Å². The minimum atomic E-state index is -0.346. The van der Waals surface area contributed by atoms with Crippen LogP contribution in [0.15, 0.2) is 34.8 Å². The van der Waals surface area contributed by atoms with E-state index in [-0.39, 0.29) is 5.97 Å². The molecule has 7 nitrogen and oxygen atoms in total. The van der Waals surface area contributed by atoms with Crippen molar-refractivity contribution in [3.8, 4) is 5.75 Å². The predicted octanol–water partition coefficient (Wildman–Crippen LogP) is 4.38. The number of anilines is 1. The molecule has 0 bridgehead atoms. The van der Waals surface area contributed by atoms with Gasteiger partial charge in [0.15, 0.2) is 10.8 Å². The highest BCUT2D eigenvalue weighted by molar-refractivity contribution is 7.13. The smallest absolute Gasteiger partial charge is 0.357 e. The average Bonchev–Trinajstić information content (AvgIpc) is 3.26. The zero-order chi connectivity index (χ0) is 21.2. The van der Waals surface area contributed by atoms with Crippen molar-refractivity contribution in [1.82, 2.24) is 4.98 Å². The Bertz CT molecular complexity index is 814. The summed E-state index contributed by atoms with van der Waals surface area (Å²) in [4.78, 5) is 23.4. The number of rotatable bonds is 10. The molecule has 0 spiro atoms. The van der Waals surface area contributed by atoms with Gasteiger partial charge < -0.3 is 19.2 Å². The van der Waals surface area contributed by atoms with Crippen LogP contribution in [0.2, 0.25) is 0 Å². The van der Waals surface area contributed by atoms with Gasteiger partial charge in [-0.25, -0.2) is 9.78 Å². The molecule has 1 fully saturated rings. The van der Waals surface area contributed by atoms with E-state index >= 15 is 0 Å². The number of ether oxygens (including phenoxy) is 2. The molecule has 2 aromatic rings. The van der Waals surface area contributed by atoms with Gasteiger partial charge in [-0.2, -0.15) is 0 Å². The Morgan fingerprint density at radius 3 is 2.70 bits per heavy atom. The molecule has 0 unspecified atom stereocenters. The monoisotopic (exact) mass is 431 g/mol. The lowest BCUT2D eigenvalue weighted by atomic mass is 9.94. The molecule has 0 N–H and O–H groups in total. The molecule has 162 valence electrons. The Morgan fingerprint density at radius 1 is 1.23 bits per heavy atom. The summed E-state index contributed by atoms with van der Waals surface area (Å²) < 4.78 is 10.9. The van der Waals surface area contributed by atoms with Crippen molar-refractivity contribution in [1.29, 1.82) is 0 Å². The number of benzene rings is 1. The zero-order valence-corrected chi connectivity index (χ0v) is 18.4. The molecule has 30 heavy (non-hydrogen) atoms. The minimum absolute atomic E-state index is 0.346. The number of aromatic nitrogens is 1. The van der Waals surface area contributed by atoms with Gasteiger partial charge >= 0.3 is 5.97 Å². The van der Waals surface area contributed by atoms with Crippen molar-refractivity contribution in [3.05, 3.63) is 40.9 Å². The molecule has 8 heteroatoms. The molecule has 1 aliphatic heterocycles. The SMILES string of the molecule is CCON=Cc1ccc(OCCC2CCN(c3nc(C(=O)OCC)cs3)CC2)cc1. The summed E-state index contributed by atoms with van der Waals surface area (Å²) in [7, 11) is 0. The van der Waals surface area contributed by atoms with Crippen LogP contribution in [0.4, 0.5) is 5.13 Å². The molecule has 1 aromatic carbocycles. The van der Waals surface area contributed by atoms with Gasteiger partial charge in [-0.15, -0.1) is 11.3 Å². The highest BCUT2D eigenvalue weighted by atomic mass is 32.1. The van der Waals surface area contributed by atoms with Gasteiger partial charge in [0.05, 0.1) is 19.4 Å². The minimum Gasteiger partial charge on any atom is -0.494 e. The molecule has 0 aliphatic carbocycles. The van der Waals surface area contributed by atoms with Crippen molar-refractivity contribution < 1.29 is 19.1 Å². The lowest BCUT2D eigenvalue weighted by Crippen LogP contribution is -2.34. The summed E-state index contributed by atoms with van der Waals surface area (Å²) >= 11 is 1.51. The summed E-state index contributed by atoms with van der Waals surface area (Å²) in [5.41, 5.74) is 1.39. The highest BCUT2D eigenvalue weighted by Gasteiger charge is 2.22. The maximum absolute atomic E-state index is 11.8. The third kappa shape index (κ3) is 6.45.